The number of ether oxygens (including phenoxy) is 1. The van der Waals surface area contributed by atoms with E-state index >= 15 is 0 Å². The molecule has 0 amide bonds. The molecule has 0 atom stereocenters. The van der Waals surface area contributed by atoms with Gasteiger partial charge in [-0.25, -0.2) is 4.79 Å². The fraction of sp³-hybridized carbons (Fsp3) is 0.667. The van der Waals surface area contributed by atoms with Crippen LogP contribution in [-0.4, -0.2) is 25.2 Å². The van der Waals surface area contributed by atoms with E-state index in [4.69, 9.17) is 0 Å². The molecule has 0 aliphatic heterocycles. The maximum Gasteiger partial charge on any atom is 0.330 e. The van der Waals surface area contributed by atoms with Gasteiger partial charge in [0.05, 0.1) is 7.11 Å². The van der Waals surface area contributed by atoms with E-state index in [0.29, 0.717) is 6.54 Å². The normalized spacial score (nSPS) is 11.1. The van der Waals surface area contributed by atoms with E-state index in [0.717, 1.165) is 0 Å². The molecule has 0 radical (unpaired) electrons. The van der Waals surface area contributed by atoms with Crippen LogP contribution < -0.4 is 5.32 Å². The highest BCUT2D eigenvalue weighted by atomic mass is 35.5. The summed E-state index contributed by atoms with van der Waals surface area (Å²) >= 11 is 0. The SMILES string of the molecule is COC(=O)C=CCNC(C)(C)C.Cl. The van der Waals surface area contributed by atoms with Gasteiger partial charge < -0.3 is 10.1 Å². The standard InChI is InChI=1S/C9H17NO2.ClH/c1-9(2,3)10-7-5-6-8(11)12-4;/h5-6,10H,7H2,1-4H3;1H. The molecule has 0 aromatic rings. The van der Waals surface area contributed by atoms with E-state index in [9.17, 15) is 4.79 Å². The molecular formula is C9H18ClNO2. The van der Waals surface area contributed by atoms with Crippen molar-refractivity contribution in [2.24, 2.45) is 0 Å². The lowest BCUT2D eigenvalue weighted by molar-refractivity contribution is -0.134. The molecule has 0 saturated carbocycles. The summed E-state index contributed by atoms with van der Waals surface area (Å²) in [6, 6.07) is 0. The van der Waals surface area contributed by atoms with E-state index in [1.165, 1.54) is 13.2 Å². The molecule has 0 saturated heterocycles. The average molecular weight is 208 g/mol. The second kappa shape index (κ2) is 6.92. The second-order valence-electron chi connectivity index (χ2n) is 3.56. The third-order valence-corrected chi connectivity index (χ3v) is 1.21. The molecule has 3 nitrogen and oxygen atoms in total. The van der Waals surface area contributed by atoms with Gasteiger partial charge in [-0.15, -0.1) is 12.4 Å². The Morgan fingerprint density at radius 3 is 2.38 bits per heavy atom. The van der Waals surface area contributed by atoms with Crippen LogP contribution in [0, 0.1) is 0 Å². The first-order chi connectivity index (χ1) is 5.45. The van der Waals surface area contributed by atoms with Crippen LogP contribution in [0.25, 0.3) is 0 Å². The van der Waals surface area contributed by atoms with Gasteiger partial charge in [0, 0.05) is 18.2 Å². The van der Waals surface area contributed by atoms with Gasteiger partial charge >= 0.3 is 5.97 Å². The average Bonchev–Trinajstić information content (AvgIpc) is 1.96. The minimum Gasteiger partial charge on any atom is -0.466 e. The molecule has 0 aliphatic rings. The summed E-state index contributed by atoms with van der Waals surface area (Å²) < 4.78 is 4.43. The van der Waals surface area contributed by atoms with Gasteiger partial charge in [-0.3, -0.25) is 0 Å². The molecule has 0 spiro atoms. The lowest BCUT2D eigenvalue weighted by atomic mass is 10.1. The van der Waals surface area contributed by atoms with Crippen molar-refractivity contribution in [1.82, 2.24) is 5.32 Å². The molecule has 0 aliphatic carbocycles. The number of hydrogen-bond donors (Lipinski definition) is 1. The highest BCUT2D eigenvalue weighted by Gasteiger charge is 2.05. The lowest BCUT2D eigenvalue weighted by Gasteiger charge is -2.18. The van der Waals surface area contributed by atoms with Gasteiger partial charge in [0.25, 0.3) is 0 Å². The predicted molar refractivity (Wildman–Crippen MR) is 56.2 cm³/mol. The van der Waals surface area contributed by atoms with Crippen molar-refractivity contribution in [3.63, 3.8) is 0 Å². The van der Waals surface area contributed by atoms with Crippen molar-refractivity contribution in [2.75, 3.05) is 13.7 Å². The summed E-state index contributed by atoms with van der Waals surface area (Å²) in [5.74, 6) is -0.314. The quantitative estimate of drug-likeness (QED) is 0.564. The summed E-state index contributed by atoms with van der Waals surface area (Å²) in [6.07, 6.45) is 3.16. The van der Waals surface area contributed by atoms with Crippen molar-refractivity contribution in [1.29, 1.82) is 0 Å². The summed E-state index contributed by atoms with van der Waals surface area (Å²) in [7, 11) is 1.36. The van der Waals surface area contributed by atoms with Gasteiger partial charge in [-0.1, -0.05) is 6.08 Å². The number of halogens is 1. The number of hydrogen-bond acceptors (Lipinski definition) is 3. The van der Waals surface area contributed by atoms with Crippen molar-refractivity contribution >= 4 is 18.4 Å². The van der Waals surface area contributed by atoms with Gasteiger partial charge in [0.1, 0.15) is 0 Å². The van der Waals surface area contributed by atoms with Crippen LogP contribution in [-0.2, 0) is 9.53 Å². The van der Waals surface area contributed by atoms with Crippen molar-refractivity contribution in [2.45, 2.75) is 26.3 Å². The summed E-state index contributed by atoms with van der Waals surface area (Å²) in [5.41, 5.74) is 0.0838. The van der Waals surface area contributed by atoms with Crippen LogP contribution in [0.2, 0.25) is 0 Å². The van der Waals surface area contributed by atoms with Crippen LogP contribution in [0.1, 0.15) is 20.8 Å². The maximum atomic E-state index is 10.6. The van der Waals surface area contributed by atoms with Crippen molar-refractivity contribution < 1.29 is 9.53 Å². The zero-order chi connectivity index (χ0) is 9.61. The monoisotopic (exact) mass is 207 g/mol. The topological polar surface area (TPSA) is 38.3 Å². The first-order valence-corrected chi connectivity index (χ1v) is 3.95. The van der Waals surface area contributed by atoms with E-state index in [2.05, 4.69) is 30.8 Å². The number of nitrogens with one attached hydrogen (secondary N) is 1. The second-order valence-corrected chi connectivity index (χ2v) is 3.56. The summed E-state index contributed by atoms with van der Waals surface area (Å²) in [4.78, 5) is 10.6. The van der Waals surface area contributed by atoms with E-state index in [-0.39, 0.29) is 23.9 Å². The molecular weight excluding hydrogens is 190 g/mol. The molecule has 13 heavy (non-hydrogen) atoms. The van der Waals surface area contributed by atoms with E-state index in [1.54, 1.807) is 6.08 Å². The van der Waals surface area contributed by atoms with Crippen LogP contribution in [0.4, 0.5) is 0 Å². The first kappa shape index (κ1) is 15.0. The van der Waals surface area contributed by atoms with Crippen LogP contribution in [0.3, 0.4) is 0 Å². The van der Waals surface area contributed by atoms with Gasteiger partial charge in [-0.05, 0) is 20.8 Å². The third-order valence-electron chi connectivity index (χ3n) is 1.21. The number of methoxy groups -OCH3 is 1. The zero-order valence-electron chi connectivity index (χ0n) is 8.59. The minimum atomic E-state index is -0.314. The Morgan fingerprint density at radius 2 is 2.00 bits per heavy atom. The molecule has 0 unspecified atom stereocenters. The predicted octanol–water partition coefficient (Wildman–Crippen LogP) is 1.53. The maximum absolute atomic E-state index is 10.6. The molecule has 78 valence electrons. The van der Waals surface area contributed by atoms with Crippen LogP contribution >= 0.6 is 12.4 Å². The molecule has 4 heteroatoms. The van der Waals surface area contributed by atoms with E-state index in [1.807, 2.05) is 0 Å². The van der Waals surface area contributed by atoms with Gasteiger partial charge in [-0.2, -0.15) is 0 Å². The molecule has 0 rings (SSSR count). The number of carbonyl (C=O) groups excluding carboxylic acids is 1. The first-order valence-electron chi connectivity index (χ1n) is 3.95. The Hall–Kier alpha value is -0.540. The van der Waals surface area contributed by atoms with E-state index < -0.39 is 0 Å². The summed E-state index contributed by atoms with van der Waals surface area (Å²) in [5, 5.41) is 3.21. The zero-order valence-corrected chi connectivity index (χ0v) is 9.40. The molecule has 1 N–H and O–H groups in total. The largest absolute Gasteiger partial charge is 0.466 e. The highest BCUT2D eigenvalue weighted by molar-refractivity contribution is 5.85. The Balaban J connectivity index is 0. The molecule has 0 heterocycles. The molecule has 0 fully saturated rings. The Bertz CT molecular complexity index is 173. The lowest BCUT2D eigenvalue weighted by Crippen LogP contribution is -2.35. The highest BCUT2D eigenvalue weighted by Crippen LogP contribution is 1.96. The van der Waals surface area contributed by atoms with Gasteiger partial charge in [0.15, 0.2) is 0 Å². The van der Waals surface area contributed by atoms with Crippen molar-refractivity contribution in [3.05, 3.63) is 12.2 Å². The Labute approximate surface area is 85.9 Å². The number of carbonyl (C=O) groups is 1. The fourth-order valence-electron chi connectivity index (χ4n) is 0.588. The van der Waals surface area contributed by atoms with Gasteiger partial charge in [0.2, 0.25) is 0 Å². The Kier molecular flexibility index (Phi) is 7.96. The van der Waals surface area contributed by atoms with Crippen LogP contribution in [0.15, 0.2) is 12.2 Å². The number of esters is 1. The minimum absolute atomic E-state index is 0. The number of rotatable bonds is 3. The van der Waals surface area contributed by atoms with Crippen LogP contribution in [0.5, 0.6) is 0 Å². The van der Waals surface area contributed by atoms with Crippen molar-refractivity contribution in [3.8, 4) is 0 Å². The smallest absolute Gasteiger partial charge is 0.330 e. The fourth-order valence-corrected chi connectivity index (χ4v) is 0.588. The third kappa shape index (κ3) is 11.5. The molecule has 0 aromatic heterocycles. The summed E-state index contributed by atoms with van der Waals surface area (Å²) in [6.45, 7) is 6.88. The Morgan fingerprint density at radius 1 is 1.46 bits per heavy atom. The molecule has 0 bridgehead atoms. The molecule has 0 aromatic carbocycles.